The van der Waals surface area contributed by atoms with Gasteiger partial charge in [0.1, 0.15) is 12.0 Å². The van der Waals surface area contributed by atoms with Gasteiger partial charge in [-0.25, -0.2) is 4.39 Å². The van der Waals surface area contributed by atoms with Gasteiger partial charge < -0.3 is 14.9 Å². The molecule has 2 unspecified atom stereocenters. The van der Waals surface area contributed by atoms with Crippen LogP contribution in [-0.2, 0) is 0 Å². The Labute approximate surface area is 140 Å². The molecule has 1 aliphatic rings. The van der Waals surface area contributed by atoms with Crippen LogP contribution < -0.4 is 9.80 Å². The van der Waals surface area contributed by atoms with Crippen molar-refractivity contribution in [3.63, 3.8) is 0 Å². The lowest BCUT2D eigenvalue weighted by molar-refractivity contribution is 0.176. The van der Waals surface area contributed by atoms with E-state index in [0.29, 0.717) is 12.0 Å². The highest BCUT2D eigenvalue weighted by atomic mass is 19.1. The number of nitriles is 1. The van der Waals surface area contributed by atoms with Crippen molar-refractivity contribution in [1.29, 1.82) is 5.26 Å². The number of rotatable bonds is 4. The van der Waals surface area contributed by atoms with Crippen LogP contribution in [0.5, 0.6) is 0 Å². The van der Waals surface area contributed by atoms with Gasteiger partial charge >= 0.3 is 0 Å². The van der Waals surface area contributed by atoms with E-state index >= 15 is 0 Å². The molecule has 2 aromatic carbocycles. The summed E-state index contributed by atoms with van der Waals surface area (Å²) < 4.78 is 13.2. The molecule has 0 saturated heterocycles. The number of aliphatic hydroxyl groups is 1. The van der Waals surface area contributed by atoms with Crippen molar-refractivity contribution in [2.45, 2.75) is 25.6 Å². The maximum Gasteiger partial charge on any atom is 0.123 e. The van der Waals surface area contributed by atoms with E-state index in [4.69, 9.17) is 5.26 Å². The Morgan fingerprint density at radius 3 is 2.00 bits per heavy atom. The molecule has 0 amide bonds. The average molecular weight is 323 g/mol. The molecule has 2 atom stereocenters. The number of benzene rings is 2. The standard InChI is InChI=1S/C19H18FN3O/c1-14(24)12-19-22(17-6-2-15(13-21)3-7-17)10-11-23(19)18-8-4-16(20)5-9-18/h2-11,14,19,24H,12H2,1H3. The van der Waals surface area contributed by atoms with E-state index in [1.165, 1.54) is 12.1 Å². The fraction of sp³-hybridized carbons (Fsp3) is 0.211. The first kappa shape index (κ1) is 16.0. The van der Waals surface area contributed by atoms with E-state index in [1.807, 2.05) is 34.3 Å². The number of halogens is 1. The zero-order valence-electron chi connectivity index (χ0n) is 13.3. The lowest BCUT2D eigenvalue weighted by Gasteiger charge is -2.33. The number of aliphatic hydroxyl groups excluding tert-OH is 1. The highest BCUT2D eigenvalue weighted by molar-refractivity contribution is 5.61. The molecule has 5 heteroatoms. The molecule has 0 radical (unpaired) electrons. The zero-order valence-corrected chi connectivity index (χ0v) is 13.3. The molecule has 1 aliphatic heterocycles. The van der Waals surface area contributed by atoms with Gasteiger partial charge in [-0.15, -0.1) is 0 Å². The first-order valence-corrected chi connectivity index (χ1v) is 7.77. The Balaban J connectivity index is 1.90. The summed E-state index contributed by atoms with van der Waals surface area (Å²) in [6.45, 7) is 1.75. The Bertz CT molecular complexity index is 763. The van der Waals surface area contributed by atoms with Crippen molar-refractivity contribution >= 4 is 11.4 Å². The van der Waals surface area contributed by atoms with Crippen LogP contribution in [0.2, 0.25) is 0 Å². The van der Waals surface area contributed by atoms with E-state index in [2.05, 4.69) is 6.07 Å². The third-order valence-corrected chi connectivity index (χ3v) is 4.00. The van der Waals surface area contributed by atoms with Gasteiger partial charge in [-0.3, -0.25) is 0 Å². The Hall–Kier alpha value is -2.84. The van der Waals surface area contributed by atoms with E-state index < -0.39 is 6.10 Å². The van der Waals surface area contributed by atoms with Crippen LogP contribution in [-0.4, -0.2) is 17.4 Å². The molecule has 0 bridgehead atoms. The summed E-state index contributed by atoms with van der Waals surface area (Å²) in [5.74, 6) is -0.280. The van der Waals surface area contributed by atoms with Gasteiger partial charge in [0.2, 0.25) is 0 Å². The second kappa shape index (κ2) is 6.73. The van der Waals surface area contributed by atoms with Crippen LogP contribution in [0, 0.1) is 17.1 Å². The molecule has 0 fully saturated rings. The number of hydrogen-bond acceptors (Lipinski definition) is 4. The second-order valence-electron chi connectivity index (χ2n) is 5.81. The molecule has 3 rings (SSSR count). The van der Waals surface area contributed by atoms with Crippen LogP contribution in [0.3, 0.4) is 0 Å². The van der Waals surface area contributed by atoms with Crippen LogP contribution >= 0.6 is 0 Å². The van der Waals surface area contributed by atoms with Crippen LogP contribution in [0.1, 0.15) is 18.9 Å². The number of hydrogen-bond donors (Lipinski definition) is 1. The number of nitrogens with zero attached hydrogens (tertiary/aromatic N) is 3. The van der Waals surface area contributed by atoms with Crippen molar-refractivity contribution in [3.8, 4) is 6.07 Å². The number of anilines is 2. The first-order valence-electron chi connectivity index (χ1n) is 7.77. The molecule has 0 aromatic heterocycles. The molecule has 0 spiro atoms. The lowest BCUT2D eigenvalue weighted by atomic mass is 10.1. The smallest absolute Gasteiger partial charge is 0.123 e. The largest absolute Gasteiger partial charge is 0.393 e. The molecule has 0 saturated carbocycles. The molecule has 1 heterocycles. The predicted molar refractivity (Wildman–Crippen MR) is 91.7 cm³/mol. The Morgan fingerprint density at radius 1 is 1.04 bits per heavy atom. The van der Waals surface area contributed by atoms with Crippen molar-refractivity contribution in [2.75, 3.05) is 9.80 Å². The quantitative estimate of drug-likeness (QED) is 0.934. The van der Waals surface area contributed by atoms with E-state index in [-0.39, 0.29) is 12.0 Å². The normalized spacial score (nSPS) is 17.8. The van der Waals surface area contributed by atoms with E-state index in [9.17, 15) is 9.50 Å². The molecular weight excluding hydrogens is 305 g/mol. The zero-order chi connectivity index (χ0) is 17.1. The van der Waals surface area contributed by atoms with Crippen molar-refractivity contribution in [2.24, 2.45) is 0 Å². The van der Waals surface area contributed by atoms with Gasteiger partial charge in [0.15, 0.2) is 0 Å². The summed E-state index contributed by atoms with van der Waals surface area (Å²) in [5, 5.41) is 18.8. The third-order valence-electron chi connectivity index (χ3n) is 4.00. The first-order chi connectivity index (χ1) is 11.6. The molecule has 4 nitrogen and oxygen atoms in total. The summed E-state index contributed by atoms with van der Waals surface area (Å²) in [4.78, 5) is 4.04. The van der Waals surface area contributed by atoms with Crippen molar-refractivity contribution < 1.29 is 9.50 Å². The van der Waals surface area contributed by atoms with Crippen LogP contribution in [0.15, 0.2) is 60.9 Å². The Kier molecular flexibility index (Phi) is 4.50. The summed E-state index contributed by atoms with van der Waals surface area (Å²) in [6, 6.07) is 15.7. The monoisotopic (exact) mass is 323 g/mol. The van der Waals surface area contributed by atoms with Crippen molar-refractivity contribution in [1.82, 2.24) is 0 Å². The highest BCUT2D eigenvalue weighted by Crippen LogP contribution is 2.31. The summed E-state index contributed by atoms with van der Waals surface area (Å²) in [6.07, 6.45) is 3.75. The molecule has 24 heavy (non-hydrogen) atoms. The van der Waals surface area contributed by atoms with Crippen LogP contribution in [0.4, 0.5) is 15.8 Å². The topological polar surface area (TPSA) is 50.5 Å². The van der Waals surface area contributed by atoms with Crippen LogP contribution in [0.25, 0.3) is 0 Å². The highest BCUT2D eigenvalue weighted by Gasteiger charge is 2.29. The summed E-state index contributed by atoms with van der Waals surface area (Å²) >= 11 is 0. The Morgan fingerprint density at radius 2 is 1.54 bits per heavy atom. The maximum absolute atomic E-state index is 13.2. The van der Waals surface area contributed by atoms with Gasteiger partial charge in [-0.1, -0.05) is 0 Å². The predicted octanol–water partition coefficient (Wildman–Crippen LogP) is 3.59. The fourth-order valence-electron chi connectivity index (χ4n) is 2.85. The third kappa shape index (κ3) is 3.24. The van der Waals surface area contributed by atoms with Gasteiger partial charge in [0.25, 0.3) is 0 Å². The minimum absolute atomic E-state index is 0.122. The van der Waals surface area contributed by atoms with Gasteiger partial charge in [0.05, 0.1) is 17.7 Å². The van der Waals surface area contributed by atoms with Gasteiger partial charge in [-0.2, -0.15) is 5.26 Å². The lowest BCUT2D eigenvalue weighted by Crippen LogP contribution is -2.41. The molecule has 122 valence electrons. The second-order valence-corrected chi connectivity index (χ2v) is 5.81. The maximum atomic E-state index is 13.2. The summed E-state index contributed by atoms with van der Waals surface area (Å²) in [5.41, 5.74) is 2.39. The van der Waals surface area contributed by atoms with Gasteiger partial charge in [-0.05, 0) is 55.5 Å². The molecule has 1 N–H and O–H groups in total. The molecule has 2 aromatic rings. The minimum Gasteiger partial charge on any atom is -0.393 e. The van der Waals surface area contributed by atoms with E-state index in [1.54, 1.807) is 31.2 Å². The van der Waals surface area contributed by atoms with E-state index in [0.717, 1.165) is 11.4 Å². The van der Waals surface area contributed by atoms with Gasteiger partial charge in [0, 0.05) is 30.2 Å². The molecule has 0 aliphatic carbocycles. The summed E-state index contributed by atoms with van der Waals surface area (Å²) in [7, 11) is 0. The SMILES string of the molecule is CC(O)CC1N(c2ccc(F)cc2)C=CN1c1ccc(C#N)cc1. The minimum atomic E-state index is -0.487. The van der Waals surface area contributed by atoms with Crippen molar-refractivity contribution in [3.05, 3.63) is 72.3 Å². The average Bonchev–Trinajstić information content (AvgIpc) is 2.98. The molecular formula is C19H18FN3O. The fourth-order valence-corrected chi connectivity index (χ4v) is 2.85.